The van der Waals surface area contributed by atoms with Gasteiger partial charge in [-0.15, -0.1) is 0 Å². The summed E-state index contributed by atoms with van der Waals surface area (Å²) in [6.07, 6.45) is 2.16. The number of methoxy groups -OCH3 is 1. The Bertz CT molecular complexity index is 864. The summed E-state index contributed by atoms with van der Waals surface area (Å²) in [6, 6.07) is 9.55. The highest BCUT2D eigenvalue weighted by molar-refractivity contribution is 7.89. The first kappa shape index (κ1) is 16.7. The van der Waals surface area contributed by atoms with Crippen LogP contribution in [0.3, 0.4) is 0 Å². The second-order valence-corrected chi connectivity index (χ2v) is 7.45. The number of carbonyl (C=O) groups excluding carboxylic acids is 1. The molecule has 2 aromatic carbocycles. The van der Waals surface area contributed by atoms with Crippen molar-refractivity contribution >= 4 is 26.7 Å². The molecule has 0 radical (unpaired) electrons. The molecular weight excluding hydrogens is 328 g/mol. The van der Waals surface area contributed by atoms with Crippen LogP contribution >= 0.6 is 0 Å². The molecule has 0 aromatic heterocycles. The van der Waals surface area contributed by atoms with Gasteiger partial charge in [0.05, 0.1) is 12.0 Å². The highest BCUT2D eigenvalue weighted by Gasteiger charge is 2.28. The van der Waals surface area contributed by atoms with E-state index >= 15 is 0 Å². The van der Waals surface area contributed by atoms with Crippen LogP contribution < -0.4 is 14.8 Å². The van der Waals surface area contributed by atoms with Gasteiger partial charge >= 0.3 is 0 Å². The molecule has 24 heavy (non-hydrogen) atoms. The van der Waals surface area contributed by atoms with E-state index in [-0.39, 0.29) is 10.8 Å². The van der Waals surface area contributed by atoms with E-state index in [2.05, 4.69) is 10.0 Å². The molecule has 0 unspecified atom stereocenters. The van der Waals surface area contributed by atoms with Gasteiger partial charge in [0.2, 0.25) is 15.9 Å². The van der Waals surface area contributed by atoms with Gasteiger partial charge in [0.15, 0.2) is 0 Å². The van der Waals surface area contributed by atoms with Gasteiger partial charge in [-0.1, -0.05) is 24.3 Å². The molecule has 1 aliphatic heterocycles. The van der Waals surface area contributed by atoms with Gasteiger partial charge in [-0.25, -0.2) is 8.42 Å². The molecule has 3 rings (SSSR count). The van der Waals surface area contributed by atoms with Crippen molar-refractivity contribution in [2.24, 2.45) is 0 Å². The summed E-state index contributed by atoms with van der Waals surface area (Å²) < 4.78 is 33.5. The number of sulfonamides is 1. The van der Waals surface area contributed by atoms with Gasteiger partial charge in [0.1, 0.15) is 11.8 Å². The van der Waals surface area contributed by atoms with Gasteiger partial charge in [0, 0.05) is 17.3 Å². The Morgan fingerprint density at radius 1 is 1.12 bits per heavy atom. The van der Waals surface area contributed by atoms with Crippen molar-refractivity contribution in [3.8, 4) is 5.75 Å². The molecule has 2 N–H and O–H groups in total. The van der Waals surface area contributed by atoms with Crippen molar-refractivity contribution in [1.82, 2.24) is 10.0 Å². The maximum Gasteiger partial charge on any atom is 0.241 e. The molecule has 0 saturated carbocycles. The second kappa shape index (κ2) is 6.78. The SMILES string of the molecule is COc1ccc(S(=O)(=O)N[C@H]2CCCCNC2=O)c2ccccc12. The van der Waals surface area contributed by atoms with Crippen molar-refractivity contribution in [1.29, 1.82) is 0 Å². The van der Waals surface area contributed by atoms with E-state index in [1.54, 1.807) is 25.3 Å². The molecule has 7 heteroatoms. The third-order valence-corrected chi connectivity index (χ3v) is 5.72. The average Bonchev–Trinajstić information content (AvgIpc) is 2.78. The third-order valence-electron chi connectivity index (χ3n) is 4.19. The zero-order chi connectivity index (χ0) is 17.2. The van der Waals surface area contributed by atoms with Crippen molar-refractivity contribution in [3.05, 3.63) is 36.4 Å². The minimum Gasteiger partial charge on any atom is -0.496 e. The molecule has 1 aliphatic rings. The molecular formula is C17H20N2O4S. The molecule has 1 saturated heterocycles. The fraction of sp³-hybridized carbons (Fsp3) is 0.353. The fourth-order valence-electron chi connectivity index (χ4n) is 2.96. The van der Waals surface area contributed by atoms with Gasteiger partial charge in [-0.2, -0.15) is 4.72 Å². The highest BCUT2D eigenvalue weighted by Crippen LogP contribution is 2.31. The summed E-state index contributed by atoms with van der Waals surface area (Å²) in [6.45, 7) is 0.586. The number of rotatable bonds is 4. The van der Waals surface area contributed by atoms with E-state index in [4.69, 9.17) is 4.74 Å². The van der Waals surface area contributed by atoms with Crippen LogP contribution in [-0.4, -0.2) is 34.0 Å². The van der Waals surface area contributed by atoms with E-state index in [0.29, 0.717) is 29.5 Å². The van der Waals surface area contributed by atoms with Crippen LogP contribution in [0.2, 0.25) is 0 Å². The number of ether oxygens (including phenoxy) is 1. The third kappa shape index (κ3) is 3.22. The second-order valence-electron chi connectivity index (χ2n) is 5.77. The van der Waals surface area contributed by atoms with Gasteiger partial charge in [0.25, 0.3) is 0 Å². The maximum atomic E-state index is 12.8. The number of fused-ring (bicyclic) bond motifs is 1. The zero-order valence-corrected chi connectivity index (χ0v) is 14.2. The topological polar surface area (TPSA) is 84.5 Å². The molecule has 1 fully saturated rings. The first-order chi connectivity index (χ1) is 11.5. The van der Waals surface area contributed by atoms with Crippen molar-refractivity contribution in [3.63, 3.8) is 0 Å². The molecule has 0 aliphatic carbocycles. The molecule has 6 nitrogen and oxygen atoms in total. The number of nitrogens with one attached hydrogen (secondary N) is 2. The molecule has 128 valence electrons. The van der Waals surface area contributed by atoms with Crippen LogP contribution in [0, 0.1) is 0 Å². The Balaban J connectivity index is 2.01. The Hall–Kier alpha value is -2.12. The Morgan fingerprint density at radius 3 is 2.62 bits per heavy atom. The predicted octanol–water partition coefficient (Wildman–Crippen LogP) is 1.80. The lowest BCUT2D eigenvalue weighted by atomic mass is 10.1. The number of hydrogen-bond donors (Lipinski definition) is 2. The summed E-state index contributed by atoms with van der Waals surface area (Å²) >= 11 is 0. The summed E-state index contributed by atoms with van der Waals surface area (Å²) in [7, 11) is -2.28. The van der Waals surface area contributed by atoms with E-state index in [0.717, 1.165) is 12.8 Å². The van der Waals surface area contributed by atoms with Gasteiger partial charge in [-0.05, 0) is 31.4 Å². The normalized spacial score (nSPS) is 18.9. The number of amides is 1. The largest absolute Gasteiger partial charge is 0.496 e. The minimum absolute atomic E-state index is 0.149. The number of hydrogen-bond acceptors (Lipinski definition) is 4. The molecule has 0 spiro atoms. The van der Waals surface area contributed by atoms with Crippen LogP contribution in [0.15, 0.2) is 41.3 Å². The van der Waals surface area contributed by atoms with Gasteiger partial charge in [-0.3, -0.25) is 4.79 Å². The van der Waals surface area contributed by atoms with Crippen LogP contribution in [0.25, 0.3) is 10.8 Å². The summed E-state index contributed by atoms with van der Waals surface area (Å²) in [5, 5.41) is 4.02. The Labute approximate surface area is 141 Å². The fourth-order valence-corrected chi connectivity index (χ4v) is 4.40. The number of carbonyl (C=O) groups is 1. The van der Waals surface area contributed by atoms with Crippen molar-refractivity contribution in [2.45, 2.75) is 30.2 Å². The molecule has 1 atom stereocenters. The average molecular weight is 348 g/mol. The van der Waals surface area contributed by atoms with Crippen LogP contribution in [0.4, 0.5) is 0 Å². The van der Waals surface area contributed by atoms with Crippen molar-refractivity contribution < 1.29 is 17.9 Å². The van der Waals surface area contributed by atoms with Crippen molar-refractivity contribution in [2.75, 3.05) is 13.7 Å². The zero-order valence-electron chi connectivity index (χ0n) is 13.4. The summed E-state index contributed by atoms with van der Waals surface area (Å²) in [5.74, 6) is 0.339. The smallest absolute Gasteiger partial charge is 0.241 e. The minimum atomic E-state index is -3.83. The maximum absolute atomic E-state index is 12.8. The molecule has 0 bridgehead atoms. The van der Waals surface area contributed by atoms with Crippen LogP contribution in [0.1, 0.15) is 19.3 Å². The van der Waals surface area contributed by atoms with E-state index in [1.807, 2.05) is 12.1 Å². The quantitative estimate of drug-likeness (QED) is 0.882. The monoisotopic (exact) mass is 348 g/mol. The molecule has 2 aromatic rings. The first-order valence-electron chi connectivity index (χ1n) is 7.89. The molecule has 1 heterocycles. The lowest BCUT2D eigenvalue weighted by Crippen LogP contribution is -2.45. The van der Waals surface area contributed by atoms with Crippen LogP contribution in [-0.2, 0) is 14.8 Å². The van der Waals surface area contributed by atoms with Gasteiger partial charge < -0.3 is 10.1 Å². The predicted molar refractivity (Wildman–Crippen MR) is 91.5 cm³/mol. The van der Waals surface area contributed by atoms with E-state index in [1.165, 1.54) is 6.07 Å². The lowest BCUT2D eigenvalue weighted by molar-refractivity contribution is -0.122. The van der Waals surface area contributed by atoms with E-state index < -0.39 is 16.1 Å². The molecule has 1 amide bonds. The van der Waals surface area contributed by atoms with Crippen LogP contribution in [0.5, 0.6) is 5.75 Å². The van der Waals surface area contributed by atoms with E-state index in [9.17, 15) is 13.2 Å². The summed E-state index contributed by atoms with van der Waals surface area (Å²) in [5.41, 5.74) is 0. The lowest BCUT2D eigenvalue weighted by Gasteiger charge is -2.17. The number of benzene rings is 2. The Morgan fingerprint density at radius 2 is 1.88 bits per heavy atom. The first-order valence-corrected chi connectivity index (χ1v) is 9.37. The summed E-state index contributed by atoms with van der Waals surface area (Å²) in [4.78, 5) is 12.2. The Kier molecular flexibility index (Phi) is 4.73. The highest BCUT2D eigenvalue weighted by atomic mass is 32.2. The standard InChI is InChI=1S/C17H20N2O4S/c1-23-15-9-10-16(13-7-3-2-6-12(13)15)24(21,22)19-14-8-4-5-11-18-17(14)20/h2-3,6-7,9-10,14,19H,4-5,8,11H2,1H3,(H,18,20)/t14-/m0/s1.